The molecule has 3 aromatic rings. The van der Waals surface area contributed by atoms with E-state index in [9.17, 15) is 19.7 Å². The summed E-state index contributed by atoms with van der Waals surface area (Å²) in [5.74, 6) is -1.02. The molecule has 0 bridgehead atoms. The maximum atomic E-state index is 12.6. The van der Waals surface area contributed by atoms with E-state index in [4.69, 9.17) is 4.74 Å². The van der Waals surface area contributed by atoms with Crippen molar-refractivity contribution in [2.24, 2.45) is 0 Å². The number of non-ortho nitro benzene ring substituents is 1. The van der Waals surface area contributed by atoms with Gasteiger partial charge in [-0.2, -0.15) is 0 Å². The topological polar surface area (TPSA) is 103 Å². The van der Waals surface area contributed by atoms with Crippen LogP contribution in [0.4, 0.5) is 11.4 Å². The standard InChI is InChI=1S/C21H17N3O5S/c1-13-22-18(12-30-13)15-4-7-19-16(10-15)8-9-23(19)20(25)11-29-21(26)14-2-5-17(6-3-14)24(27)28/h2-7,10,12H,8-9,11H2,1H3. The first kappa shape index (κ1) is 19.7. The van der Waals surface area contributed by atoms with Crippen molar-refractivity contribution in [3.63, 3.8) is 0 Å². The number of ether oxygens (including phenoxy) is 1. The highest BCUT2D eigenvalue weighted by Crippen LogP contribution is 2.32. The third kappa shape index (κ3) is 3.92. The highest BCUT2D eigenvalue weighted by atomic mass is 32.1. The number of nitro benzene ring substituents is 1. The number of thiazole rings is 1. The average molecular weight is 423 g/mol. The van der Waals surface area contributed by atoms with Crippen LogP contribution in [0.25, 0.3) is 11.3 Å². The zero-order valence-electron chi connectivity index (χ0n) is 16.0. The maximum absolute atomic E-state index is 12.6. The Bertz CT molecular complexity index is 1140. The third-order valence-electron chi connectivity index (χ3n) is 4.83. The Kier molecular flexibility index (Phi) is 5.28. The van der Waals surface area contributed by atoms with E-state index < -0.39 is 17.5 Å². The Balaban J connectivity index is 1.40. The molecule has 152 valence electrons. The molecule has 8 nitrogen and oxygen atoms in total. The van der Waals surface area contributed by atoms with Gasteiger partial charge in [-0.3, -0.25) is 14.9 Å². The van der Waals surface area contributed by atoms with Crippen LogP contribution >= 0.6 is 11.3 Å². The molecule has 1 aliphatic rings. The van der Waals surface area contributed by atoms with Gasteiger partial charge < -0.3 is 9.64 Å². The number of hydrogen-bond acceptors (Lipinski definition) is 7. The molecule has 0 fully saturated rings. The number of esters is 1. The van der Waals surface area contributed by atoms with Crippen molar-refractivity contribution in [2.75, 3.05) is 18.1 Å². The van der Waals surface area contributed by atoms with Crippen LogP contribution in [0.3, 0.4) is 0 Å². The molecule has 0 aliphatic carbocycles. The van der Waals surface area contributed by atoms with Crippen molar-refractivity contribution < 1.29 is 19.2 Å². The zero-order chi connectivity index (χ0) is 21.3. The molecule has 0 spiro atoms. The fourth-order valence-electron chi connectivity index (χ4n) is 3.32. The SMILES string of the molecule is Cc1nc(-c2ccc3c(c2)CCN3C(=O)COC(=O)c2ccc([N+](=O)[O-])cc2)cs1. The molecule has 1 amide bonds. The monoisotopic (exact) mass is 423 g/mol. The van der Waals surface area contributed by atoms with Gasteiger partial charge in [0.05, 0.1) is 21.2 Å². The Morgan fingerprint density at radius 1 is 1.23 bits per heavy atom. The van der Waals surface area contributed by atoms with E-state index in [-0.39, 0.29) is 17.2 Å². The number of aryl methyl sites for hydroxylation is 1. The zero-order valence-corrected chi connectivity index (χ0v) is 16.8. The molecular formula is C21H17N3O5S. The van der Waals surface area contributed by atoms with Crippen LogP contribution in [-0.4, -0.2) is 34.9 Å². The number of amides is 1. The van der Waals surface area contributed by atoms with Crippen LogP contribution in [0.5, 0.6) is 0 Å². The average Bonchev–Trinajstić information content (AvgIpc) is 3.37. The summed E-state index contributed by atoms with van der Waals surface area (Å²) in [7, 11) is 0. The maximum Gasteiger partial charge on any atom is 0.338 e. The second-order valence-corrected chi connectivity index (χ2v) is 7.83. The van der Waals surface area contributed by atoms with E-state index in [1.165, 1.54) is 24.3 Å². The normalized spacial score (nSPS) is 12.5. The largest absolute Gasteiger partial charge is 0.452 e. The fraction of sp³-hybridized carbons (Fsp3) is 0.190. The molecule has 30 heavy (non-hydrogen) atoms. The number of carbonyl (C=O) groups excluding carboxylic acids is 2. The summed E-state index contributed by atoms with van der Waals surface area (Å²) in [5.41, 5.74) is 3.82. The van der Waals surface area contributed by atoms with Crippen molar-refractivity contribution in [2.45, 2.75) is 13.3 Å². The minimum Gasteiger partial charge on any atom is -0.452 e. The van der Waals surface area contributed by atoms with Gasteiger partial charge in [0.25, 0.3) is 11.6 Å². The summed E-state index contributed by atoms with van der Waals surface area (Å²) < 4.78 is 5.10. The molecule has 0 unspecified atom stereocenters. The van der Waals surface area contributed by atoms with Crippen LogP contribution in [0.1, 0.15) is 20.9 Å². The van der Waals surface area contributed by atoms with Crippen LogP contribution in [-0.2, 0) is 16.0 Å². The molecule has 0 atom stereocenters. The van der Waals surface area contributed by atoms with E-state index in [1.807, 2.05) is 30.5 Å². The predicted octanol–water partition coefficient (Wildman–Crippen LogP) is 3.77. The van der Waals surface area contributed by atoms with Gasteiger partial charge in [-0.25, -0.2) is 9.78 Å². The lowest BCUT2D eigenvalue weighted by atomic mass is 10.1. The van der Waals surface area contributed by atoms with Crippen molar-refractivity contribution in [1.82, 2.24) is 4.98 Å². The lowest BCUT2D eigenvalue weighted by Gasteiger charge is -2.17. The summed E-state index contributed by atoms with van der Waals surface area (Å²) in [5, 5.41) is 13.7. The van der Waals surface area contributed by atoms with E-state index in [0.29, 0.717) is 13.0 Å². The van der Waals surface area contributed by atoms with Crippen LogP contribution in [0.2, 0.25) is 0 Å². The summed E-state index contributed by atoms with van der Waals surface area (Å²) in [6, 6.07) is 10.9. The molecule has 1 aliphatic heterocycles. The second-order valence-electron chi connectivity index (χ2n) is 6.77. The first-order valence-electron chi connectivity index (χ1n) is 9.20. The molecule has 0 saturated carbocycles. The molecule has 1 aromatic heterocycles. The van der Waals surface area contributed by atoms with Gasteiger partial charge in [0, 0.05) is 35.3 Å². The highest BCUT2D eigenvalue weighted by Gasteiger charge is 2.26. The smallest absolute Gasteiger partial charge is 0.338 e. The molecule has 2 aromatic carbocycles. The number of aromatic nitrogens is 1. The van der Waals surface area contributed by atoms with Crippen molar-refractivity contribution >= 4 is 34.6 Å². The molecule has 0 saturated heterocycles. The summed E-state index contributed by atoms with van der Waals surface area (Å²) in [4.78, 5) is 41.0. The summed E-state index contributed by atoms with van der Waals surface area (Å²) in [6.07, 6.45) is 0.717. The van der Waals surface area contributed by atoms with Crippen LogP contribution < -0.4 is 4.90 Å². The quantitative estimate of drug-likeness (QED) is 0.352. The van der Waals surface area contributed by atoms with E-state index in [2.05, 4.69) is 4.98 Å². The number of hydrogen-bond donors (Lipinski definition) is 0. The van der Waals surface area contributed by atoms with Crippen LogP contribution in [0, 0.1) is 17.0 Å². The number of carbonyl (C=O) groups is 2. The van der Waals surface area contributed by atoms with Gasteiger partial charge in [-0.15, -0.1) is 11.3 Å². The molecule has 0 radical (unpaired) electrons. The minimum absolute atomic E-state index is 0.122. The van der Waals surface area contributed by atoms with Gasteiger partial charge in [0.2, 0.25) is 0 Å². The first-order valence-corrected chi connectivity index (χ1v) is 10.1. The van der Waals surface area contributed by atoms with E-state index in [0.717, 1.165) is 27.5 Å². The number of fused-ring (bicyclic) bond motifs is 1. The van der Waals surface area contributed by atoms with Crippen molar-refractivity contribution in [3.05, 3.63) is 74.1 Å². The summed E-state index contributed by atoms with van der Waals surface area (Å²) >= 11 is 1.59. The first-order chi connectivity index (χ1) is 14.4. The lowest BCUT2D eigenvalue weighted by molar-refractivity contribution is -0.384. The van der Waals surface area contributed by atoms with Gasteiger partial charge in [0.15, 0.2) is 6.61 Å². The van der Waals surface area contributed by atoms with E-state index >= 15 is 0 Å². The second kappa shape index (κ2) is 8.03. The van der Waals surface area contributed by atoms with Gasteiger partial charge in [0.1, 0.15) is 0 Å². The Morgan fingerprint density at radius 2 is 2.00 bits per heavy atom. The number of rotatable bonds is 5. The van der Waals surface area contributed by atoms with Crippen LogP contribution in [0.15, 0.2) is 47.8 Å². The lowest BCUT2D eigenvalue weighted by Crippen LogP contribution is -2.33. The van der Waals surface area contributed by atoms with Crippen molar-refractivity contribution in [3.8, 4) is 11.3 Å². The number of anilines is 1. The highest BCUT2D eigenvalue weighted by molar-refractivity contribution is 7.09. The number of nitro groups is 1. The number of benzene rings is 2. The minimum atomic E-state index is -0.702. The molecule has 0 N–H and O–H groups in total. The molecule has 4 rings (SSSR count). The van der Waals surface area contributed by atoms with Gasteiger partial charge >= 0.3 is 5.97 Å². The third-order valence-corrected chi connectivity index (χ3v) is 5.60. The summed E-state index contributed by atoms with van der Waals surface area (Å²) in [6.45, 7) is 2.07. The van der Waals surface area contributed by atoms with E-state index in [1.54, 1.807) is 16.2 Å². The molecule has 2 heterocycles. The Hall–Kier alpha value is -3.59. The molecule has 9 heteroatoms. The van der Waals surface area contributed by atoms with Gasteiger partial charge in [-0.1, -0.05) is 6.07 Å². The molecular weight excluding hydrogens is 406 g/mol. The Morgan fingerprint density at radius 3 is 2.67 bits per heavy atom. The fourth-order valence-corrected chi connectivity index (χ4v) is 3.95. The Labute approximate surface area is 175 Å². The van der Waals surface area contributed by atoms with Crippen molar-refractivity contribution in [1.29, 1.82) is 0 Å². The predicted molar refractivity (Wildman–Crippen MR) is 112 cm³/mol. The number of nitrogens with zero attached hydrogens (tertiary/aromatic N) is 3. The van der Waals surface area contributed by atoms with Gasteiger partial charge in [-0.05, 0) is 43.2 Å².